The van der Waals surface area contributed by atoms with E-state index in [2.05, 4.69) is 33.4 Å². The molecule has 0 atom stereocenters. The fourth-order valence-electron chi connectivity index (χ4n) is 1.76. The number of rotatable bonds is 4. The minimum atomic E-state index is 0.421. The van der Waals surface area contributed by atoms with Crippen LogP contribution in [-0.2, 0) is 0 Å². The van der Waals surface area contributed by atoms with Gasteiger partial charge in [0, 0.05) is 0 Å². The third kappa shape index (κ3) is 1.80. The van der Waals surface area contributed by atoms with Crippen molar-refractivity contribution in [1.29, 1.82) is 0 Å². The fourth-order valence-corrected chi connectivity index (χ4v) is 1.76. The van der Waals surface area contributed by atoms with E-state index in [9.17, 15) is 0 Å². The largest absolute Gasteiger partial charge is 0.0955 e. The zero-order chi connectivity index (χ0) is 9.19. The molecule has 0 aromatic rings. The zero-order valence-electron chi connectivity index (χ0n) is 8.61. The summed E-state index contributed by atoms with van der Waals surface area (Å²) in [5.74, 6) is 0. The molecular formula is C12H20. The summed E-state index contributed by atoms with van der Waals surface area (Å²) in [7, 11) is 0. The standard InChI is InChI=1S/C12H20/c1-5-6-7-10(2)11-8-9-12(11,3)4/h8H,2,5-7,9H2,1,3-4H3. The maximum Gasteiger partial charge on any atom is -0.00695 e. The van der Waals surface area contributed by atoms with Gasteiger partial charge in [0.25, 0.3) is 0 Å². The molecule has 1 aliphatic rings. The highest BCUT2D eigenvalue weighted by Crippen LogP contribution is 2.44. The topological polar surface area (TPSA) is 0 Å². The predicted molar refractivity (Wildman–Crippen MR) is 55.1 cm³/mol. The van der Waals surface area contributed by atoms with E-state index in [4.69, 9.17) is 0 Å². The molecule has 68 valence electrons. The molecule has 12 heavy (non-hydrogen) atoms. The molecule has 0 heterocycles. The van der Waals surface area contributed by atoms with Gasteiger partial charge in [-0.3, -0.25) is 0 Å². The third-order valence-corrected chi connectivity index (χ3v) is 2.76. The molecule has 0 aromatic carbocycles. The average Bonchev–Trinajstić information content (AvgIpc) is 1.99. The van der Waals surface area contributed by atoms with Crippen LogP contribution in [0.4, 0.5) is 0 Å². The van der Waals surface area contributed by atoms with Gasteiger partial charge in [0.2, 0.25) is 0 Å². The van der Waals surface area contributed by atoms with Gasteiger partial charge in [0.05, 0.1) is 0 Å². The van der Waals surface area contributed by atoms with Gasteiger partial charge in [-0.25, -0.2) is 0 Å². The van der Waals surface area contributed by atoms with E-state index in [0.717, 1.165) is 0 Å². The summed E-state index contributed by atoms with van der Waals surface area (Å²) in [4.78, 5) is 0. The molecule has 0 nitrogen and oxygen atoms in total. The molecule has 0 saturated carbocycles. The Morgan fingerprint density at radius 1 is 1.58 bits per heavy atom. The van der Waals surface area contributed by atoms with Crippen molar-refractivity contribution in [3.05, 3.63) is 23.8 Å². The van der Waals surface area contributed by atoms with Gasteiger partial charge in [-0.1, -0.05) is 45.4 Å². The first-order valence-corrected chi connectivity index (χ1v) is 4.96. The second kappa shape index (κ2) is 3.47. The Morgan fingerprint density at radius 3 is 2.58 bits per heavy atom. The molecule has 0 aromatic heterocycles. The van der Waals surface area contributed by atoms with Crippen LogP contribution in [0.25, 0.3) is 0 Å². The lowest BCUT2D eigenvalue weighted by molar-refractivity contribution is 0.405. The van der Waals surface area contributed by atoms with Crippen molar-refractivity contribution >= 4 is 0 Å². The molecule has 0 bridgehead atoms. The van der Waals surface area contributed by atoms with Gasteiger partial charge in [0.15, 0.2) is 0 Å². The van der Waals surface area contributed by atoms with Crippen molar-refractivity contribution in [2.24, 2.45) is 5.41 Å². The first-order chi connectivity index (χ1) is 5.58. The summed E-state index contributed by atoms with van der Waals surface area (Å²) in [5.41, 5.74) is 3.30. The van der Waals surface area contributed by atoms with E-state index in [-0.39, 0.29) is 0 Å². The molecule has 0 unspecified atom stereocenters. The highest BCUT2D eigenvalue weighted by molar-refractivity contribution is 5.40. The minimum absolute atomic E-state index is 0.421. The lowest BCUT2D eigenvalue weighted by Crippen LogP contribution is -2.23. The maximum atomic E-state index is 4.14. The quantitative estimate of drug-likeness (QED) is 0.587. The summed E-state index contributed by atoms with van der Waals surface area (Å²) in [6.45, 7) is 11.0. The van der Waals surface area contributed by atoms with E-state index in [1.165, 1.54) is 36.8 Å². The third-order valence-electron chi connectivity index (χ3n) is 2.76. The lowest BCUT2D eigenvalue weighted by atomic mass is 9.68. The SMILES string of the molecule is C=C(CCCC)C1=CCC1(C)C. The lowest BCUT2D eigenvalue weighted by Gasteiger charge is -2.36. The van der Waals surface area contributed by atoms with Crippen molar-refractivity contribution in [2.75, 3.05) is 0 Å². The predicted octanol–water partition coefficient (Wildman–Crippen LogP) is 4.09. The van der Waals surface area contributed by atoms with E-state index in [1.807, 2.05) is 0 Å². The summed E-state index contributed by atoms with van der Waals surface area (Å²) in [6.07, 6.45) is 7.30. The summed E-state index contributed by atoms with van der Waals surface area (Å²) < 4.78 is 0. The normalized spacial score (nSPS) is 19.8. The van der Waals surface area contributed by atoms with Crippen molar-refractivity contribution in [1.82, 2.24) is 0 Å². The van der Waals surface area contributed by atoms with Crippen LogP contribution in [0.5, 0.6) is 0 Å². The summed E-state index contributed by atoms with van der Waals surface area (Å²) in [6, 6.07) is 0. The Hall–Kier alpha value is -0.520. The Balaban J connectivity index is 2.45. The molecule has 0 spiro atoms. The number of unbranched alkanes of at least 4 members (excludes halogenated alkanes) is 1. The maximum absolute atomic E-state index is 4.14. The molecule has 0 fully saturated rings. The van der Waals surface area contributed by atoms with Crippen LogP contribution in [0.3, 0.4) is 0 Å². The van der Waals surface area contributed by atoms with Crippen LogP contribution >= 0.6 is 0 Å². The van der Waals surface area contributed by atoms with Gasteiger partial charge < -0.3 is 0 Å². The van der Waals surface area contributed by atoms with Gasteiger partial charge >= 0.3 is 0 Å². The number of allylic oxidation sites excluding steroid dienone is 3. The van der Waals surface area contributed by atoms with Crippen molar-refractivity contribution in [2.45, 2.75) is 46.5 Å². The number of hydrogen-bond acceptors (Lipinski definition) is 0. The smallest absolute Gasteiger partial charge is 0.00695 e. The van der Waals surface area contributed by atoms with E-state index < -0.39 is 0 Å². The van der Waals surface area contributed by atoms with Crippen LogP contribution in [0, 0.1) is 5.41 Å². The number of hydrogen-bond donors (Lipinski definition) is 0. The molecule has 0 saturated heterocycles. The molecule has 1 rings (SSSR count). The van der Waals surface area contributed by atoms with E-state index >= 15 is 0 Å². The average molecular weight is 164 g/mol. The van der Waals surface area contributed by atoms with Crippen LogP contribution in [0.15, 0.2) is 23.8 Å². The molecule has 0 aliphatic heterocycles. The highest BCUT2D eigenvalue weighted by Gasteiger charge is 2.30. The van der Waals surface area contributed by atoms with Gasteiger partial charge in [-0.15, -0.1) is 0 Å². The van der Waals surface area contributed by atoms with Crippen LogP contribution in [0.2, 0.25) is 0 Å². The molecule has 0 radical (unpaired) electrons. The Kier molecular flexibility index (Phi) is 2.76. The second-order valence-corrected chi connectivity index (χ2v) is 4.41. The van der Waals surface area contributed by atoms with Gasteiger partial charge in [-0.2, -0.15) is 0 Å². The Bertz CT molecular complexity index is 206. The van der Waals surface area contributed by atoms with Gasteiger partial charge in [0.1, 0.15) is 0 Å². The molecule has 0 amide bonds. The fraction of sp³-hybridized carbons (Fsp3) is 0.667. The van der Waals surface area contributed by atoms with Crippen LogP contribution in [-0.4, -0.2) is 0 Å². The Labute approximate surface area is 76.4 Å². The van der Waals surface area contributed by atoms with E-state index in [0.29, 0.717) is 5.41 Å². The zero-order valence-corrected chi connectivity index (χ0v) is 8.61. The Morgan fingerprint density at radius 2 is 2.25 bits per heavy atom. The first-order valence-electron chi connectivity index (χ1n) is 4.96. The van der Waals surface area contributed by atoms with Crippen molar-refractivity contribution in [3.63, 3.8) is 0 Å². The monoisotopic (exact) mass is 164 g/mol. The summed E-state index contributed by atoms with van der Waals surface area (Å²) in [5, 5.41) is 0. The molecule has 0 heteroatoms. The second-order valence-electron chi connectivity index (χ2n) is 4.41. The minimum Gasteiger partial charge on any atom is -0.0955 e. The van der Waals surface area contributed by atoms with Crippen LogP contribution < -0.4 is 0 Å². The molecular weight excluding hydrogens is 144 g/mol. The van der Waals surface area contributed by atoms with Gasteiger partial charge in [-0.05, 0) is 30.3 Å². The van der Waals surface area contributed by atoms with E-state index in [1.54, 1.807) is 0 Å². The van der Waals surface area contributed by atoms with Crippen molar-refractivity contribution < 1.29 is 0 Å². The van der Waals surface area contributed by atoms with Crippen molar-refractivity contribution in [3.8, 4) is 0 Å². The highest BCUT2D eigenvalue weighted by atomic mass is 14.3. The van der Waals surface area contributed by atoms with Crippen LogP contribution in [0.1, 0.15) is 46.5 Å². The molecule has 0 N–H and O–H groups in total. The summed E-state index contributed by atoms with van der Waals surface area (Å²) >= 11 is 0. The molecule has 1 aliphatic carbocycles. The first kappa shape index (κ1) is 9.57.